The number of anilines is 1. The third-order valence-corrected chi connectivity index (χ3v) is 3.23. The summed E-state index contributed by atoms with van der Waals surface area (Å²) in [4.78, 5) is 4.23. The highest BCUT2D eigenvalue weighted by Gasteiger charge is 2.05. The minimum absolute atomic E-state index is 0. The molecule has 2 aromatic rings. The number of hydrogen-bond donors (Lipinski definition) is 2. The van der Waals surface area contributed by atoms with Crippen LogP contribution in [0, 0.1) is 5.82 Å². The number of aliphatic imine (C=N–C) groups is 1. The SMILES string of the molecule is COc1ccc(NC(N)=NCCc2cccc(F)c2)cc1OC.I. The van der Waals surface area contributed by atoms with Crippen molar-refractivity contribution >= 4 is 35.6 Å². The Balaban J connectivity index is 0.00000288. The van der Waals surface area contributed by atoms with E-state index in [1.165, 1.54) is 12.1 Å². The normalized spacial score (nSPS) is 10.7. The lowest BCUT2D eigenvalue weighted by Gasteiger charge is -2.11. The lowest BCUT2D eigenvalue weighted by atomic mass is 10.1. The van der Waals surface area contributed by atoms with Gasteiger partial charge in [-0.2, -0.15) is 0 Å². The number of hydrogen-bond acceptors (Lipinski definition) is 3. The highest BCUT2D eigenvalue weighted by Crippen LogP contribution is 2.29. The van der Waals surface area contributed by atoms with E-state index >= 15 is 0 Å². The van der Waals surface area contributed by atoms with Gasteiger partial charge in [0.2, 0.25) is 0 Å². The Labute approximate surface area is 158 Å². The third kappa shape index (κ3) is 5.88. The summed E-state index contributed by atoms with van der Waals surface area (Å²) < 4.78 is 23.5. The fraction of sp³-hybridized carbons (Fsp3) is 0.235. The molecule has 0 unspecified atom stereocenters. The molecular weight excluding hydrogens is 424 g/mol. The molecule has 0 aliphatic heterocycles. The molecule has 0 fully saturated rings. The van der Waals surface area contributed by atoms with E-state index in [-0.39, 0.29) is 35.8 Å². The molecule has 0 saturated heterocycles. The van der Waals surface area contributed by atoms with Crippen LogP contribution >= 0.6 is 24.0 Å². The van der Waals surface area contributed by atoms with E-state index in [0.717, 1.165) is 11.3 Å². The van der Waals surface area contributed by atoms with Crippen molar-refractivity contribution in [3.63, 3.8) is 0 Å². The van der Waals surface area contributed by atoms with Crippen LogP contribution in [0.2, 0.25) is 0 Å². The van der Waals surface area contributed by atoms with Gasteiger partial charge < -0.3 is 20.5 Å². The maximum atomic E-state index is 13.1. The van der Waals surface area contributed by atoms with Crippen LogP contribution in [-0.2, 0) is 6.42 Å². The van der Waals surface area contributed by atoms with Crippen LogP contribution in [0.25, 0.3) is 0 Å². The lowest BCUT2D eigenvalue weighted by Crippen LogP contribution is -2.23. The van der Waals surface area contributed by atoms with Crippen molar-refractivity contribution in [2.45, 2.75) is 6.42 Å². The molecule has 0 aliphatic carbocycles. The molecular formula is C17H21FIN3O2. The summed E-state index contributed by atoms with van der Waals surface area (Å²) in [7, 11) is 3.14. The smallest absolute Gasteiger partial charge is 0.193 e. The van der Waals surface area contributed by atoms with Crippen LogP contribution in [0.3, 0.4) is 0 Å². The number of rotatable bonds is 6. The predicted molar refractivity (Wildman–Crippen MR) is 105 cm³/mol. The molecule has 0 spiro atoms. The number of nitrogens with one attached hydrogen (secondary N) is 1. The van der Waals surface area contributed by atoms with E-state index in [4.69, 9.17) is 15.2 Å². The van der Waals surface area contributed by atoms with E-state index in [9.17, 15) is 4.39 Å². The molecule has 3 N–H and O–H groups in total. The fourth-order valence-corrected chi connectivity index (χ4v) is 2.10. The maximum absolute atomic E-state index is 13.1. The van der Waals surface area contributed by atoms with Gasteiger partial charge >= 0.3 is 0 Å². The zero-order valence-corrected chi connectivity index (χ0v) is 15.9. The summed E-state index contributed by atoms with van der Waals surface area (Å²) in [5.74, 6) is 1.28. The largest absolute Gasteiger partial charge is 0.493 e. The lowest BCUT2D eigenvalue weighted by molar-refractivity contribution is 0.355. The molecule has 24 heavy (non-hydrogen) atoms. The fourth-order valence-electron chi connectivity index (χ4n) is 2.10. The van der Waals surface area contributed by atoms with Crippen molar-refractivity contribution < 1.29 is 13.9 Å². The van der Waals surface area contributed by atoms with Gasteiger partial charge in [0.15, 0.2) is 17.5 Å². The van der Waals surface area contributed by atoms with Gasteiger partial charge in [0.1, 0.15) is 5.82 Å². The van der Waals surface area contributed by atoms with E-state index < -0.39 is 0 Å². The molecule has 5 nitrogen and oxygen atoms in total. The molecule has 2 rings (SSSR count). The van der Waals surface area contributed by atoms with Crippen molar-refractivity contribution in [2.75, 3.05) is 26.1 Å². The summed E-state index contributed by atoms with van der Waals surface area (Å²) in [5.41, 5.74) is 7.48. The van der Waals surface area contributed by atoms with Crippen LogP contribution in [-0.4, -0.2) is 26.7 Å². The molecule has 0 aliphatic rings. The summed E-state index contributed by atoms with van der Waals surface area (Å²) >= 11 is 0. The van der Waals surface area contributed by atoms with Crippen LogP contribution < -0.4 is 20.5 Å². The van der Waals surface area contributed by atoms with Crippen molar-refractivity contribution in [1.29, 1.82) is 0 Å². The second-order valence-electron chi connectivity index (χ2n) is 4.84. The Kier molecular flexibility index (Phi) is 8.31. The average molecular weight is 445 g/mol. The van der Waals surface area contributed by atoms with E-state index in [0.29, 0.717) is 24.5 Å². The highest BCUT2D eigenvalue weighted by atomic mass is 127. The number of halogens is 2. The first-order chi connectivity index (χ1) is 11.1. The van der Waals surface area contributed by atoms with Gasteiger partial charge in [-0.3, -0.25) is 4.99 Å². The Morgan fingerprint density at radius 3 is 2.54 bits per heavy atom. The van der Waals surface area contributed by atoms with E-state index in [1.807, 2.05) is 12.1 Å². The minimum Gasteiger partial charge on any atom is -0.493 e. The number of guanidine groups is 1. The van der Waals surface area contributed by atoms with Crippen molar-refractivity contribution in [3.8, 4) is 11.5 Å². The first kappa shape index (κ1) is 20.0. The molecule has 0 radical (unpaired) electrons. The minimum atomic E-state index is -0.247. The second-order valence-corrected chi connectivity index (χ2v) is 4.84. The Morgan fingerprint density at radius 2 is 1.88 bits per heavy atom. The van der Waals surface area contributed by atoms with Crippen LogP contribution in [0.4, 0.5) is 10.1 Å². The molecule has 0 saturated carbocycles. The Bertz CT molecular complexity index is 695. The highest BCUT2D eigenvalue weighted by molar-refractivity contribution is 14.0. The monoisotopic (exact) mass is 445 g/mol. The summed E-state index contributed by atoms with van der Waals surface area (Å²) in [6, 6.07) is 11.8. The van der Waals surface area contributed by atoms with Crippen LogP contribution in [0.5, 0.6) is 11.5 Å². The number of nitrogens with zero attached hydrogens (tertiary/aromatic N) is 1. The molecule has 0 atom stereocenters. The molecule has 0 amide bonds. The number of nitrogens with two attached hydrogens (primary N) is 1. The van der Waals surface area contributed by atoms with Gasteiger partial charge in [-0.25, -0.2) is 4.39 Å². The zero-order chi connectivity index (χ0) is 16.7. The van der Waals surface area contributed by atoms with Crippen molar-refractivity contribution in [2.24, 2.45) is 10.7 Å². The van der Waals surface area contributed by atoms with Crippen LogP contribution in [0.1, 0.15) is 5.56 Å². The Hall–Kier alpha value is -2.03. The van der Waals surface area contributed by atoms with E-state index in [1.54, 1.807) is 32.4 Å². The Morgan fingerprint density at radius 1 is 1.12 bits per heavy atom. The van der Waals surface area contributed by atoms with Gasteiger partial charge in [-0.15, -0.1) is 24.0 Å². The summed E-state index contributed by atoms with van der Waals surface area (Å²) in [5, 5.41) is 2.98. The molecule has 0 bridgehead atoms. The molecule has 7 heteroatoms. The second kappa shape index (κ2) is 9.96. The first-order valence-corrected chi connectivity index (χ1v) is 7.16. The van der Waals surface area contributed by atoms with Crippen molar-refractivity contribution in [1.82, 2.24) is 0 Å². The van der Waals surface area contributed by atoms with Crippen LogP contribution in [0.15, 0.2) is 47.5 Å². The van der Waals surface area contributed by atoms with Crippen molar-refractivity contribution in [3.05, 3.63) is 53.8 Å². The quantitative estimate of drug-likeness (QED) is 0.406. The zero-order valence-electron chi connectivity index (χ0n) is 13.6. The molecule has 0 heterocycles. The van der Waals surface area contributed by atoms with Gasteiger partial charge in [0.05, 0.1) is 14.2 Å². The number of ether oxygens (including phenoxy) is 2. The van der Waals surface area contributed by atoms with Gasteiger partial charge in [0.25, 0.3) is 0 Å². The average Bonchev–Trinajstić information content (AvgIpc) is 2.54. The molecule has 0 aromatic heterocycles. The van der Waals surface area contributed by atoms with Gasteiger partial charge in [-0.05, 0) is 36.2 Å². The molecule has 2 aromatic carbocycles. The topological polar surface area (TPSA) is 68.9 Å². The number of methoxy groups -OCH3 is 2. The standard InChI is InChI=1S/C17H20FN3O2.HI/c1-22-15-7-6-14(11-16(15)23-2)21-17(19)20-9-8-12-4-3-5-13(18)10-12;/h3-7,10-11H,8-9H2,1-2H3,(H3,19,20,21);1H. The predicted octanol–water partition coefficient (Wildman–Crippen LogP) is 3.43. The van der Waals surface area contributed by atoms with Gasteiger partial charge in [0, 0.05) is 18.3 Å². The summed E-state index contributed by atoms with van der Waals surface area (Å²) in [6.07, 6.45) is 0.617. The van der Waals surface area contributed by atoms with Gasteiger partial charge in [-0.1, -0.05) is 12.1 Å². The first-order valence-electron chi connectivity index (χ1n) is 7.16. The molecule has 130 valence electrons. The maximum Gasteiger partial charge on any atom is 0.193 e. The third-order valence-electron chi connectivity index (χ3n) is 3.23. The number of benzene rings is 2. The summed E-state index contributed by atoms with van der Waals surface area (Å²) in [6.45, 7) is 0.468. The van der Waals surface area contributed by atoms with E-state index in [2.05, 4.69) is 10.3 Å².